The Labute approximate surface area is 136 Å². The first-order valence-corrected chi connectivity index (χ1v) is 8.63. The van der Waals surface area contributed by atoms with Gasteiger partial charge in [0.05, 0.1) is 0 Å². The van der Waals surface area contributed by atoms with Crippen molar-refractivity contribution in [1.82, 2.24) is 0 Å². The molecule has 0 aromatic heterocycles. The van der Waals surface area contributed by atoms with Crippen molar-refractivity contribution in [2.45, 2.75) is 53.4 Å². The summed E-state index contributed by atoms with van der Waals surface area (Å²) in [4.78, 5) is 12.4. The van der Waals surface area contributed by atoms with E-state index in [4.69, 9.17) is 0 Å². The number of rotatable bonds is 2. The van der Waals surface area contributed by atoms with Crippen LogP contribution < -0.4 is 5.32 Å². The molecule has 1 saturated carbocycles. The van der Waals surface area contributed by atoms with Crippen LogP contribution in [0.3, 0.4) is 0 Å². The lowest BCUT2D eigenvalue weighted by atomic mass is 9.69. The number of amides is 1. The van der Waals surface area contributed by atoms with Crippen LogP contribution in [0.1, 0.15) is 52.0 Å². The van der Waals surface area contributed by atoms with Crippen molar-refractivity contribution >= 4 is 27.5 Å². The van der Waals surface area contributed by atoms with Crippen LogP contribution >= 0.6 is 15.9 Å². The largest absolute Gasteiger partial charge is 0.326 e. The summed E-state index contributed by atoms with van der Waals surface area (Å²) < 4.78 is 1.08. The van der Waals surface area contributed by atoms with Crippen LogP contribution in [-0.2, 0) is 4.79 Å². The van der Waals surface area contributed by atoms with Crippen LogP contribution in [0.2, 0.25) is 0 Å². The van der Waals surface area contributed by atoms with Crippen molar-refractivity contribution in [1.29, 1.82) is 0 Å². The maximum Gasteiger partial charge on any atom is 0.227 e. The van der Waals surface area contributed by atoms with Crippen molar-refractivity contribution in [3.05, 3.63) is 28.2 Å². The third-order valence-corrected chi connectivity index (χ3v) is 5.64. The molecule has 3 heteroatoms. The van der Waals surface area contributed by atoms with Crippen molar-refractivity contribution in [3.63, 3.8) is 0 Å². The summed E-state index contributed by atoms with van der Waals surface area (Å²) in [7, 11) is 0. The molecular formula is C18H26BrNO. The predicted octanol–water partition coefficient (Wildman–Crippen LogP) is 5.55. The molecule has 1 aromatic rings. The number of hydrogen-bond donors (Lipinski definition) is 1. The number of halogens is 1. The summed E-state index contributed by atoms with van der Waals surface area (Å²) in [5.74, 6) is 1.10. The molecule has 116 valence electrons. The van der Waals surface area contributed by atoms with E-state index in [1.54, 1.807) is 0 Å². The Kier molecular flexibility index (Phi) is 5.13. The van der Waals surface area contributed by atoms with Gasteiger partial charge in [-0.1, -0.05) is 36.7 Å². The molecular weight excluding hydrogens is 326 g/mol. The lowest BCUT2D eigenvalue weighted by molar-refractivity contribution is -0.121. The van der Waals surface area contributed by atoms with Crippen LogP contribution in [0.25, 0.3) is 0 Å². The lowest BCUT2D eigenvalue weighted by Crippen LogP contribution is -2.31. The highest BCUT2D eigenvalue weighted by atomic mass is 79.9. The number of nitrogens with one attached hydrogen (secondary N) is 1. The molecule has 1 aliphatic rings. The lowest BCUT2D eigenvalue weighted by Gasteiger charge is -2.36. The zero-order chi connectivity index (χ0) is 15.6. The van der Waals surface area contributed by atoms with Gasteiger partial charge in [-0.2, -0.15) is 0 Å². The fraction of sp³-hybridized carbons (Fsp3) is 0.611. The minimum absolute atomic E-state index is 0.174. The molecule has 0 spiro atoms. The fourth-order valence-corrected chi connectivity index (χ4v) is 3.44. The van der Waals surface area contributed by atoms with Crippen molar-refractivity contribution in [2.24, 2.45) is 17.3 Å². The molecule has 2 nitrogen and oxygen atoms in total. The summed E-state index contributed by atoms with van der Waals surface area (Å²) in [6, 6.07) is 5.96. The normalized spacial score (nSPS) is 22.9. The highest BCUT2D eigenvalue weighted by Gasteiger charge is 2.32. The number of hydrogen-bond acceptors (Lipinski definition) is 1. The summed E-state index contributed by atoms with van der Waals surface area (Å²) in [5, 5.41) is 3.07. The van der Waals surface area contributed by atoms with Gasteiger partial charge in [-0.3, -0.25) is 4.79 Å². The van der Waals surface area contributed by atoms with E-state index in [2.05, 4.69) is 42.0 Å². The first kappa shape index (κ1) is 16.5. The van der Waals surface area contributed by atoms with E-state index in [1.165, 1.54) is 12.8 Å². The van der Waals surface area contributed by atoms with Gasteiger partial charge < -0.3 is 5.32 Å². The first-order chi connectivity index (χ1) is 9.77. The Balaban J connectivity index is 1.92. The van der Waals surface area contributed by atoms with Crippen molar-refractivity contribution in [2.75, 3.05) is 5.32 Å². The van der Waals surface area contributed by atoms with E-state index in [1.807, 2.05) is 25.1 Å². The average molecular weight is 352 g/mol. The first-order valence-electron chi connectivity index (χ1n) is 7.84. The second kappa shape index (κ2) is 6.51. The molecule has 1 amide bonds. The van der Waals surface area contributed by atoms with Crippen LogP contribution in [0.4, 0.5) is 5.69 Å². The van der Waals surface area contributed by atoms with E-state index in [9.17, 15) is 4.79 Å². The summed E-state index contributed by atoms with van der Waals surface area (Å²) >= 11 is 3.48. The van der Waals surface area contributed by atoms with Crippen LogP contribution in [0, 0.1) is 24.2 Å². The molecule has 0 atom stereocenters. The highest BCUT2D eigenvalue weighted by Crippen LogP contribution is 2.40. The number of anilines is 1. The topological polar surface area (TPSA) is 29.1 Å². The van der Waals surface area contributed by atoms with Gasteiger partial charge in [0.25, 0.3) is 0 Å². The fourth-order valence-electron chi connectivity index (χ4n) is 3.19. The van der Waals surface area contributed by atoms with Gasteiger partial charge in [0.1, 0.15) is 0 Å². The van der Waals surface area contributed by atoms with Gasteiger partial charge in [-0.25, -0.2) is 0 Å². The van der Waals surface area contributed by atoms with Gasteiger partial charge in [0.2, 0.25) is 5.91 Å². The molecule has 1 aromatic carbocycles. The minimum atomic E-state index is 0.174. The van der Waals surface area contributed by atoms with Gasteiger partial charge in [-0.05, 0) is 67.7 Å². The molecule has 21 heavy (non-hydrogen) atoms. The van der Waals surface area contributed by atoms with E-state index in [-0.39, 0.29) is 11.8 Å². The molecule has 1 aliphatic carbocycles. The van der Waals surface area contributed by atoms with Gasteiger partial charge in [0.15, 0.2) is 0 Å². The Hall–Kier alpha value is -0.830. The molecule has 0 bridgehead atoms. The number of aryl methyl sites for hydroxylation is 1. The van der Waals surface area contributed by atoms with E-state index >= 15 is 0 Å². The maximum absolute atomic E-state index is 12.4. The molecule has 0 heterocycles. The maximum atomic E-state index is 12.4. The summed E-state index contributed by atoms with van der Waals surface area (Å²) in [6.07, 6.45) is 4.37. The van der Waals surface area contributed by atoms with Gasteiger partial charge in [0, 0.05) is 16.1 Å². The molecule has 0 saturated heterocycles. The number of benzene rings is 1. The second-order valence-corrected chi connectivity index (χ2v) is 8.22. The monoisotopic (exact) mass is 351 g/mol. The van der Waals surface area contributed by atoms with E-state index < -0.39 is 0 Å². The predicted molar refractivity (Wildman–Crippen MR) is 92.4 cm³/mol. The van der Waals surface area contributed by atoms with Gasteiger partial charge >= 0.3 is 0 Å². The Morgan fingerprint density at radius 2 is 1.81 bits per heavy atom. The third-order valence-electron chi connectivity index (χ3n) is 4.75. The standard InChI is InChI=1S/C18H26BrNO/c1-12-11-15(9-10-16(12)19)20-17(21)13-5-7-14(8-6-13)18(2,3)4/h9-11,13-14H,5-8H2,1-4H3,(H,20,21). The second-order valence-electron chi connectivity index (χ2n) is 7.37. The summed E-state index contributed by atoms with van der Waals surface area (Å²) in [5.41, 5.74) is 2.41. The SMILES string of the molecule is Cc1cc(NC(=O)C2CCC(C(C)(C)C)CC2)ccc1Br. The quantitative estimate of drug-likeness (QED) is 0.743. The van der Waals surface area contributed by atoms with E-state index in [0.29, 0.717) is 5.41 Å². The summed E-state index contributed by atoms with van der Waals surface area (Å²) in [6.45, 7) is 8.96. The van der Waals surface area contributed by atoms with E-state index in [0.717, 1.165) is 34.5 Å². The molecule has 0 unspecified atom stereocenters. The Morgan fingerprint density at radius 1 is 1.19 bits per heavy atom. The zero-order valence-corrected chi connectivity index (χ0v) is 15.1. The van der Waals surface area contributed by atoms with Crippen molar-refractivity contribution < 1.29 is 4.79 Å². The Morgan fingerprint density at radius 3 is 2.33 bits per heavy atom. The molecule has 0 aliphatic heterocycles. The minimum Gasteiger partial charge on any atom is -0.326 e. The van der Waals surface area contributed by atoms with Crippen molar-refractivity contribution in [3.8, 4) is 0 Å². The average Bonchev–Trinajstić information content (AvgIpc) is 2.42. The highest BCUT2D eigenvalue weighted by molar-refractivity contribution is 9.10. The molecule has 1 fully saturated rings. The smallest absolute Gasteiger partial charge is 0.227 e. The number of carbonyl (C=O) groups is 1. The molecule has 1 N–H and O–H groups in total. The third kappa shape index (κ3) is 4.32. The van der Waals surface area contributed by atoms with Gasteiger partial charge in [-0.15, -0.1) is 0 Å². The van der Waals surface area contributed by atoms with Crippen LogP contribution in [0.5, 0.6) is 0 Å². The Bertz CT molecular complexity index is 510. The zero-order valence-electron chi connectivity index (χ0n) is 13.5. The van der Waals surface area contributed by atoms with Crippen LogP contribution in [-0.4, -0.2) is 5.91 Å². The molecule has 2 rings (SSSR count). The number of carbonyl (C=O) groups excluding carboxylic acids is 1. The van der Waals surface area contributed by atoms with Crippen LogP contribution in [0.15, 0.2) is 22.7 Å². The molecule has 0 radical (unpaired) electrons.